The normalized spacial score (nSPS) is 17.8. The molecule has 1 amide bonds. The fraction of sp³-hybridized carbons (Fsp3) is 0.400. The fourth-order valence-electron chi connectivity index (χ4n) is 2.66. The molecular weight excluding hydrogens is 286 g/mol. The van der Waals surface area contributed by atoms with Crippen molar-refractivity contribution in [1.82, 2.24) is 15.0 Å². The highest BCUT2D eigenvalue weighted by molar-refractivity contribution is 5.79. The Morgan fingerprint density at radius 1 is 1.32 bits per heavy atom. The molecule has 2 aromatic rings. The van der Waals surface area contributed by atoms with Gasteiger partial charge in [0.2, 0.25) is 12.3 Å². The van der Waals surface area contributed by atoms with Crippen LogP contribution in [0.3, 0.4) is 0 Å². The number of carbonyl (C=O) groups excluding carboxylic acids is 1. The van der Waals surface area contributed by atoms with E-state index in [2.05, 4.69) is 10.1 Å². The van der Waals surface area contributed by atoms with Gasteiger partial charge in [-0.25, -0.2) is 0 Å². The van der Waals surface area contributed by atoms with E-state index in [-0.39, 0.29) is 11.8 Å². The van der Waals surface area contributed by atoms with E-state index < -0.39 is 0 Å². The molecule has 0 aliphatic carbocycles. The Hall–Kier alpha value is -2.57. The molecule has 1 unspecified atom stereocenters. The van der Waals surface area contributed by atoms with Gasteiger partial charge in [-0.3, -0.25) is 4.79 Å². The van der Waals surface area contributed by atoms with E-state index in [0.717, 1.165) is 5.56 Å². The van der Waals surface area contributed by atoms with Crippen LogP contribution in [-0.4, -0.2) is 41.7 Å². The zero-order valence-electron chi connectivity index (χ0n) is 12.5. The van der Waals surface area contributed by atoms with Gasteiger partial charge in [0.15, 0.2) is 17.3 Å². The van der Waals surface area contributed by atoms with Crippen LogP contribution in [0.25, 0.3) is 0 Å². The molecule has 1 aromatic heterocycles. The Morgan fingerprint density at radius 2 is 2.14 bits per heavy atom. The number of rotatable bonds is 5. The van der Waals surface area contributed by atoms with E-state index in [9.17, 15) is 4.79 Å². The lowest BCUT2D eigenvalue weighted by Gasteiger charge is -2.17. The van der Waals surface area contributed by atoms with Crippen LogP contribution in [0.5, 0.6) is 11.5 Å². The van der Waals surface area contributed by atoms with Gasteiger partial charge in [0.05, 0.1) is 14.2 Å². The number of hydrogen-bond donors (Lipinski definition) is 0. The molecule has 22 heavy (non-hydrogen) atoms. The third kappa shape index (κ3) is 2.74. The average Bonchev–Trinajstić information content (AvgIpc) is 3.17. The van der Waals surface area contributed by atoms with Crippen molar-refractivity contribution in [2.24, 2.45) is 0 Å². The van der Waals surface area contributed by atoms with E-state index in [1.807, 2.05) is 18.2 Å². The van der Waals surface area contributed by atoms with Gasteiger partial charge in [0, 0.05) is 25.4 Å². The van der Waals surface area contributed by atoms with Gasteiger partial charge >= 0.3 is 0 Å². The van der Waals surface area contributed by atoms with Crippen LogP contribution < -0.4 is 9.47 Å². The minimum atomic E-state index is -0.00797. The van der Waals surface area contributed by atoms with Gasteiger partial charge in [-0.2, -0.15) is 4.98 Å². The largest absolute Gasteiger partial charge is 0.493 e. The quantitative estimate of drug-likeness (QED) is 0.835. The van der Waals surface area contributed by atoms with Crippen LogP contribution >= 0.6 is 0 Å². The summed E-state index contributed by atoms with van der Waals surface area (Å²) in [7, 11) is 3.19. The molecule has 0 radical (unpaired) electrons. The van der Waals surface area contributed by atoms with E-state index >= 15 is 0 Å². The van der Waals surface area contributed by atoms with E-state index in [0.29, 0.717) is 36.8 Å². The number of likely N-dealkylation sites (tertiary alicyclic amines) is 1. The summed E-state index contributed by atoms with van der Waals surface area (Å²) in [5.41, 5.74) is 0.986. The average molecular weight is 303 g/mol. The molecular formula is C15H17N3O4. The van der Waals surface area contributed by atoms with E-state index in [1.165, 1.54) is 6.39 Å². The molecule has 0 spiro atoms. The summed E-state index contributed by atoms with van der Waals surface area (Å²) in [6.07, 6.45) is 1.70. The second-order valence-corrected chi connectivity index (χ2v) is 5.15. The predicted molar refractivity (Wildman–Crippen MR) is 76.6 cm³/mol. The van der Waals surface area contributed by atoms with Crippen LogP contribution in [0.4, 0.5) is 0 Å². The summed E-state index contributed by atoms with van der Waals surface area (Å²) in [5, 5.41) is 3.82. The van der Waals surface area contributed by atoms with Crippen molar-refractivity contribution in [1.29, 1.82) is 0 Å². The van der Waals surface area contributed by atoms with Gasteiger partial charge in [0.1, 0.15) is 0 Å². The number of hydrogen-bond acceptors (Lipinski definition) is 6. The van der Waals surface area contributed by atoms with Gasteiger partial charge in [-0.05, 0) is 17.7 Å². The molecule has 1 fully saturated rings. The molecule has 1 saturated heterocycles. The Kier molecular flexibility index (Phi) is 3.95. The Morgan fingerprint density at radius 3 is 2.82 bits per heavy atom. The lowest BCUT2D eigenvalue weighted by Crippen LogP contribution is -2.24. The van der Waals surface area contributed by atoms with Crippen LogP contribution in [0.15, 0.2) is 29.1 Å². The number of nitrogens with zero attached hydrogens (tertiary/aromatic N) is 3. The molecule has 1 aromatic carbocycles. The third-order valence-corrected chi connectivity index (χ3v) is 3.78. The Labute approximate surface area is 127 Å². The second kappa shape index (κ2) is 6.05. The van der Waals surface area contributed by atoms with Crippen molar-refractivity contribution >= 4 is 5.91 Å². The Balaban J connectivity index is 1.72. The first-order valence-electron chi connectivity index (χ1n) is 6.96. The third-order valence-electron chi connectivity index (χ3n) is 3.78. The zero-order chi connectivity index (χ0) is 15.5. The minimum absolute atomic E-state index is 0.00797. The van der Waals surface area contributed by atoms with E-state index in [1.54, 1.807) is 19.1 Å². The number of carbonyl (C=O) groups is 1. The van der Waals surface area contributed by atoms with Crippen molar-refractivity contribution in [2.45, 2.75) is 18.9 Å². The molecule has 116 valence electrons. The van der Waals surface area contributed by atoms with Gasteiger partial charge < -0.3 is 18.9 Å². The van der Waals surface area contributed by atoms with Crippen LogP contribution in [-0.2, 0) is 11.3 Å². The monoisotopic (exact) mass is 303 g/mol. The topological polar surface area (TPSA) is 77.7 Å². The Bertz CT molecular complexity index is 657. The van der Waals surface area contributed by atoms with Gasteiger partial charge in [0.25, 0.3) is 0 Å². The van der Waals surface area contributed by atoms with Crippen molar-refractivity contribution in [3.05, 3.63) is 36.0 Å². The van der Waals surface area contributed by atoms with E-state index in [4.69, 9.17) is 14.0 Å². The highest BCUT2D eigenvalue weighted by atomic mass is 16.5. The maximum Gasteiger partial charge on any atom is 0.223 e. The molecule has 0 N–H and O–H groups in total. The summed E-state index contributed by atoms with van der Waals surface area (Å²) < 4.78 is 15.3. The van der Waals surface area contributed by atoms with Gasteiger partial charge in [-0.1, -0.05) is 11.2 Å². The lowest BCUT2D eigenvalue weighted by atomic mass is 10.1. The first kappa shape index (κ1) is 14.4. The number of aromatic nitrogens is 2. The highest BCUT2D eigenvalue weighted by Crippen LogP contribution is 2.30. The molecule has 3 rings (SSSR count). The first-order valence-corrected chi connectivity index (χ1v) is 6.96. The smallest absolute Gasteiger partial charge is 0.223 e. The van der Waals surface area contributed by atoms with Crippen molar-refractivity contribution in [2.75, 3.05) is 20.8 Å². The summed E-state index contributed by atoms with van der Waals surface area (Å²) >= 11 is 0. The summed E-state index contributed by atoms with van der Waals surface area (Å²) in [6, 6.07) is 5.65. The van der Waals surface area contributed by atoms with Crippen molar-refractivity contribution in [3.8, 4) is 11.5 Å². The summed E-state index contributed by atoms with van der Waals surface area (Å²) in [5.74, 6) is 1.99. The van der Waals surface area contributed by atoms with Crippen LogP contribution in [0.1, 0.15) is 23.7 Å². The SMILES string of the molecule is COc1ccc(CN2CC(c3ncon3)CC2=O)cc1OC. The zero-order valence-corrected chi connectivity index (χ0v) is 12.5. The summed E-state index contributed by atoms with van der Waals surface area (Å²) in [4.78, 5) is 18.0. The summed E-state index contributed by atoms with van der Waals surface area (Å²) in [6.45, 7) is 1.11. The number of amides is 1. The molecule has 0 bridgehead atoms. The van der Waals surface area contributed by atoms with Crippen molar-refractivity contribution in [3.63, 3.8) is 0 Å². The first-order chi connectivity index (χ1) is 10.7. The molecule has 1 aliphatic heterocycles. The maximum atomic E-state index is 12.1. The lowest BCUT2D eigenvalue weighted by molar-refractivity contribution is -0.128. The second-order valence-electron chi connectivity index (χ2n) is 5.15. The highest BCUT2D eigenvalue weighted by Gasteiger charge is 2.33. The minimum Gasteiger partial charge on any atom is -0.493 e. The van der Waals surface area contributed by atoms with Crippen molar-refractivity contribution < 1.29 is 18.8 Å². The standard InChI is InChI=1S/C15H17N3O4/c1-20-12-4-3-10(5-13(12)21-2)7-18-8-11(6-14(18)19)15-16-9-22-17-15/h3-5,9,11H,6-8H2,1-2H3. The maximum absolute atomic E-state index is 12.1. The number of methoxy groups -OCH3 is 2. The molecule has 2 heterocycles. The predicted octanol–water partition coefficient (Wildman–Crippen LogP) is 1.60. The fourth-order valence-corrected chi connectivity index (χ4v) is 2.66. The molecule has 7 heteroatoms. The van der Waals surface area contributed by atoms with Crippen LogP contribution in [0.2, 0.25) is 0 Å². The molecule has 1 atom stereocenters. The molecule has 1 aliphatic rings. The van der Waals surface area contributed by atoms with Gasteiger partial charge in [-0.15, -0.1) is 0 Å². The molecule has 0 saturated carbocycles. The molecule has 7 nitrogen and oxygen atoms in total. The number of ether oxygens (including phenoxy) is 2. The van der Waals surface area contributed by atoms with Crippen LogP contribution in [0, 0.1) is 0 Å². The number of benzene rings is 1.